The lowest BCUT2D eigenvalue weighted by atomic mass is 9.93. The van der Waals surface area contributed by atoms with E-state index in [9.17, 15) is 14.9 Å². The number of fused-ring (bicyclic) bond motifs is 1. The van der Waals surface area contributed by atoms with Gasteiger partial charge in [0.2, 0.25) is 0 Å². The fourth-order valence-corrected chi connectivity index (χ4v) is 8.02. The number of aromatic nitrogens is 2. The predicted octanol–water partition coefficient (Wildman–Crippen LogP) is 6.55. The molecule has 0 unspecified atom stereocenters. The number of halogens is 1. The summed E-state index contributed by atoms with van der Waals surface area (Å²) in [5, 5.41) is 11.3. The zero-order valence-electron chi connectivity index (χ0n) is 25.3. The molecule has 0 fully saturated rings. The molecule has 3 aromatic heterocycles. The van der Waals surface area contributed by atoms with Crippen molar-refractivity contribution in [3.8, 4) is 11.1 Å². The molecule has 0 spiro atoms. The molecule has 0 radical (unpaired) electrons. The minimum atomic E-state index is -0.780. The highest BCUT2D eigenvalue weighted by Crippen LogP contribution is 2.36. The lowest BCUT2D eigenvalue weighted by Gasteiger charge is -2.25. The second-order valence-electron chi connectivity index (χ2n) is 10.7. The Kier molecular flexibility index (Phi) is 8.23. The van der Waals surface area contributed by atoms with Crippen molar-refractivity contribution in [3.63, 3.8) is 0 Å². The number of ether oxygens (including phenoxy) is 1. The number of rotatable bonds is 6. The van der Waals surface area contributed by atoms with Crippen LogP contribution in [0, 0.1) is 39.0 Å². The average molecular weight is 653 g/mol. The van der Waals surface area contributed by atoms with Gasteiger partial charge >= 0.3 is 5.97 Å². The number of nitriles is 1. The SMILES string of the molecule is CCOC(=O)C1=C(c2ccccc2)N=c2s/c(=C/c3cc(C)n(-c4sc(C)c(C)c4C#N)c3C)c(=O)n2[C@@H]1c1ccc(Cl)cc1. The highest BCUT2D eigenvalue weighted by Gasteiger charge is 2.35. The Morgan fingerprint density at radius 1 is 1.09 bits per heavy atom. The van der Waals surface area contributed by atoms with E-state index in [1.807, 2.05) is 82.3 Å². The number of carbonyl (C=O) groups excluding carboxylic acids is 1. The number of hydrogen-bond donors (Lipinski definition) is 0. The lowest BCUT2D eigenvalue weighted by Crippen LogP contribution is -2.40. The fraction of sp³-hybridized carbons (Fsp3) is 0.200. The van der Waals surface area contributed by atoms with Gasteiger partial charge in [0.15, 0.2) is 4.80 Å². The van der Waals surface area contributed by atoms with Crippen LogP contribution < -0.4 is 14.9 Å². The van der Waals surface area contributed by atoms with Crippen molar-refractivity contribution < 1.29 is 9.53 Å². The monoisotopic (exact) mass is 652 g/mol. The van der Waals surface area contributed by atoms with Crippen LogP contribution in [0.1, 0.15) is 57.0 Å². The number of benzene rings is 2. The van der Waals surface area contributed by atoms with Crippen LogP contribution in [-0.2, 0) is 9.53 Å². The molecule has 45 heavy (non-hydrogen) atoms. The molecule has 1 aliphatic rings. The minimum Gasteiger partial charge on any atom is -0.463 e. The molecule has 2 aromatic carbocycles. The van der Waals surface area contributed by atoms with Gasteiger partial charge in [0.1, 0.15) is 11.1 Å². The molecular formula is C35H29ClN4O3S2. The molecule has 10 heteroatoms. The van der Waals surface area contributed by atoms with Crippen molar-refractivity contribution >= 4 is 52.0 Å². The van der Waals surface area contributed by atoms with Gasteiger partial charge in [0.25, 0.3) is 5.56 Å². The van der Waals surface area contributed by atoms with Crippen molar-refractivity contribution in [2.45, 2.75) is 40.7 Å². The van der Waals surface area contributed by atoms with Crippen LogP contribution in [0.4, 0.5) is 0 Å². The van der Waals surface area contributed by atoms with Crippen LogP contribution in [0.25, 0.3) is 16.8 Å². The van der Waals surface area contributed by atoms with Gasteiger partial charge < -0.3 is 9.30 Å². The van der Waals surface area contributed by atoms with E-state index in [2.05, 4.69) is 10.6 Å². The maximum Gasteiger partial charge on any atom is 0.338 e. The fourth-order valence-electron chi connectivity index (χ4n) is 5.69. The molecule has 0 saturated heterocycles. The first-order valence-corrected chi connectivity index (χ1v) is 16.4. The van der Waals surface area contributed by atoms with Crippen LogP contribution >= 0.6 is 34.3 Å². The van der Waals surface area contributed by atoms with Gasteiger partial charge in [-0.3, -0.25) is 9.36 Å². The van der Waals surface area contributed by atoms with E-state index in [-0.39, 0.29) is 17.7 Å². The molecule has 1 aliphatic heterocycles. The van der Waals surface area contributed by atoms with Crippen molar-refractivity contribution in [1.29, 1.82) is 5.26 Å². The van der Waals surface area contributed by atoms with Gasteiger partial charge in [-0.25, -0.2) is 9.79 Å². The van der Waals surface area contributed by atoms with Crippen molar-refractivity contribution in [2.75, 3.05) is 6.61 Å². The van der Waals surface area contributed by atoms with Gasteiger partial charge in [-0.05, 0) is 75.6 Å². The molecule has 0 aliphatic carbocycles. The van der Waals surface area contributed by atoms with Crippen molar-refractivity contribution in [2.24, 2.45) is 4.99 Å². The van der Waals surface area contributed by atoms with E-state index in [1.165, 1.54) is 11.3 Å². The molecule has 0 amide bonds. The molecule has 0 saturated carbocycles. The van der Waals surface area contributed by atoms with Gasteiger partial charge in [0, 0.05) is 26.9 Å². The highest BCUT2D eigenvalue weighted by atomic mass is 35.5. The van der Waals surface area contributed by atoms with E-state index >= 15 is 0 Å². The second kappa shape index (κ2) is 12.1. The summed E-state index contributed by atoms with van der Waals surface area (Å²) in [7, 11) is 0. The molecule has 6 rings (SSSR count). The minimum absolute atomic E-state index is 0.175. The van der Waals surface area contributed by atoms with E-state index < -0.39 is 12.0 Å². The largest absolute Gasteiger partial charge is 0.463 e. The van der Waals surface area contributed by atoms with Crippen molar-refractivity contribution in [3.05, 3.63) is 135 Å². The molecule has 4 heterocycles. The zero-order valence-corrected chi connectivity index (χ0v) is 27.7. The summed E-state index contributed by atoms with van der Waals surface area (Å²) in [6, 6.07) is 20.2. The molecule has 7 nitrogen and oxygen atoms in total. The molecule has 1 atom stereocenters. The molecule has 5 aromatic rings. The van der Waals surface area contributed by atoms with Crippen LogP contribution in [0.3, 0.4) is 0 Å². The van der Waals surface area contributed by atoms with Gasteiger partial charge in [-0.2, -0.15) is 5.26 Å². The zero-order chi connectivity index (χ0) is 32.0. The summed E-state index contributed by atoms with van der Waals surface area (Å²) in [5.41, 5.74) is 6.32. The first-order valence-electron chi connectivity index (χ1n) is 14.4. The lowest BCUT2D eigenvalue weighted by molar-refractivity contribution is -0.138. The summed E-state index contributed by atoms with van der Waals surface area (Å²) in [6.45, 7) is 9.90. The first-order chi connectivity index (χ1) is 21.6. The third-order valence-electron chi connectivity index (χ3n) is 8.00. The molecular weight excluding hydrogens is 624 g/mol. The van der Waals surface area contributed by atoms with Crippen molar-refractivity contribution in [1.82, 2.24) is 9.13 Å². The Labute approximate surface area is 273 Å². The van der Waals surface area contributed by atoms with E-state index in [0.717, 1.165) is 38.0 Å². The Morgan fingerprint density at radius 3 is 2.47 bits per heavy atom. The van der Waals surface area contributed by atoms with Gasteiger partial charge in [-0.1, -0.05) is 65.4 Å². The van der Waals surface area contributed by atoms with Crippen LogP contribution in [-0.4, -0.2) is 21.7 Å². The Morgan fingerprint density at radius 2 is 1.80 bits per heavy atom. The summed E-state index contributed by atoms with van der Waals surface area (Å²) in [6.07, 6.45) is 1.87. The quantitative estimate of drug-likeness (QED) is 0.195. The average Bonchev–Trinajstić information content (AvgIpc) is 3.61. The summed E-state index contributed by atoms with van der Waals surface area (Å²) in [4.78, 5) is 34.4. The predicted molar refractivity (Wildman–Crippen MR) is 180 cm³/mol. The second-order valence-corrected chi connectivity index (χ2v) is 13.4. The normalized spacial score (nSPS) is 14.7. The third-order valence-corrected chi connectivity index (χ3v) is 10.4. The Bertz CT molecular complexity index is 2230. The smallest absolute Gasteiger partial charge is 0.338 e. The standard InChI is InChI=1S/C35H29ClN4O3S2/c1-6-43-34(42)29-30(23-10-8-7-9-11-23)38-35-40(31(29)24-12-14-26(36)15-13-24)32(41)28(45-35)17-25-16-19(2)39(21(25)4)33-27(18-37)20(3)22(5)44-33/h7-17,31H,6H2,1-5H3/b28-17+/t31-/m1/s1. The summed E-state index contributed by atoms with van der Waals surface area (Å²) < 4.78 is 9.68. The molecule has 226 valence electrons. The number of carbonyl (C=O) groups is 1. The molecule has 0 N–H and O–H groups in total. The van der Waals surface area contributed by atoms with E-state index in [0.29, 0.717) is 31.2 Å². The van der Waals surface area contributed by atoms with Crippen LogP contribution in [0.2, 0.25) is 5.02 Å². The highest BCUT2D eigenvalue weighted by molar-refractivity contribution is 7.15. The maximum absolute atomic E-state index is 14.3. The Balaban J connectivity index is 1.60. The van der Waals surface area contributed by atoms with Crippen LogP contribution in [0.5, 0.6) is 0 Å². The number of thiophene rings is 1. The number of nitrogens with zero attached hydrogens (tertiary/aromatic N) is 4. The Hall–Kier alpha value is -4.49. The number of esters is 1. The molecule has 0 bridgehead atoms. The number of thiazole rings is 1. The third kappa shape index (κ3) is 5.29. The van der Waals surface area contributed by atoms with Gasteiger partial charge in [-0.15, -0.1) is 11.3 Å². The van der Waals surface area contributed by atoms with Crippen LogP contribution in [0.15, 0.2) is 76.0 Å². The first kappa shape index (κ1) is 30.5. The summed E-state index contributed by atoms with van der Waals surface area (Å²) in [5.74, 6) is -0.535. The number of aryl methyl sites for hydroxylation is 2. The van der Waals surface area contributed by atoms with E-state index in [4.69, 9.17) is 21.3 Å². The summed E-state index contributed by atoms with van der Waals surface area (Å²) >= 11 is 9.10. The topological polar surface area (TPSA) is 89.4 Å². The maximum atomic E-state index is 14.3. The van der Waals surface area contributed by atoms with Gasteiger partial charge in [0.05, 0.1) is 34.0 Å². The number of hydrogen-bond acceptors (Lipinski definition) is 7. The van der Waals surface area contributed by atoms with E-state index in [1.54, 1.807) is 35.0 Å².